The van der Waals surface area contributed by atoms with Crippen LogP contribution in [0, 0.1) is 6.92 Å². The minimum Gasteiger partial charge on any atom is -0.464 e. The lowest BCUT2D eigenvalue weighted by Crippen LogP contribution is -2.26. The summed E-state index contributed by atoms with van der Waals surface area (Å²) in [6.45, 7) is 1.70. The number of aryl methyl sites for hydroxylation is 1. The van der Waals surface area contributed by atoms with Gasteiger partial charge in [0.2, 0.25) is 0 Å². The average molecular weight is 448 g/mol. The number of carbonyl (C=O) groups is 2. The van der Waals surface area contributed by atoms with Crippen LogP contribution in [0.2, 0.25) is 0 Å². The second kappa shape index (κ2) is 9.57. The van der Waals surface area contributed by atoms with Crippen LogP contribution < -0.4 is 10.9 Å². The van der Waals surface area contributed by atoms with Crippen molar-refractivity contribution in [2.24, 2.45) is 0 Å². The normalized spacial score (nSPS) is 10.8. The minimum absolute atomic E-state index is 0.231. The summed E-state index contributed by atoms with van der Waals surface area (Å²) in [5, 5.41) is 3.16. The Balaban J connectivity index is 1.47. The molecule has 1 N–H and O–H groups in total. The lowest BCUT2D eigenvalue weighted by Gasteiger charge is -2.07. The van der Waals surface area contributed by atoms with Gasteiger partial charge in [-0.3, -0.25) is 19.0 Å². The van der Waals surface area contributed by atoms with Crippen LogP contribution in [0.5, 0.6) is 0 Å². The summed E-state index contributed by atoms with van der Waals surface area (Å²) in [5.74, 6) is -0.818. The maximum atomic E-state index is 13.0. The Bertz CT molecular complexity index is 1310. The fourth-order valence-corrected chi connectivity index (χ4v) is 4.34. The molecule has 4 aromatic rings. The second-order valence-corrected chi connectivity index (χ2v) is 8.19. The zero-order valence-electron chi connectivity index (χ0n) is 17.4. The van der Waals surface area contributed by atoms with E-state index < -0.39 is 5.97 Å². The van der Waals surface area contributed by atoms with E-state index in [1.54, 1.807) is 19.1 Å². The van der Waals surface area contributed by atoms with Gasteiger partial charge in [0.1, 0.15) is 11.4 Å². The SMILES string of the molecule is Cc1c(C(=O)Nc2ccccc2)sc2ncn(CC(=O)OCCc3ccccc3)c(=O)c12. The fraction of sp³-hybridized carbons (Fsp3) is 0.167. The summed E-state index contributed by atoms with van der Waals surface area (Å²) in [7, 11) is 0. The molecule has 4 rings (SSSR count). The van der Waals surface area contributed by atoms with E-state index in [2.05, 4.69) is 10.3 Å². The summed E-state index contributed by atoms with van der Waals surface area (Å²) in [4.78, 5) is 43.0. The molecule has 162 valence electrons. The average Bonchev–Trinajstić information content (AvgIpc) is 3.14. The number of fused-ring (bicyclic) bond motifs is 1. The largest absolute Gasteiger partial charge is 0.464 e. The van der Waals surface area contributed by atoms with Crippen LogP contribution in [0.3, 0.4) is 0 Å². The molecule has 2 aromatic heterocycles. The topological polar surface area (TPSA) is 90.3 Å². The Morgan fingerprint density at radius 1 is 1.06 bits per heavy atom. The molecule has 2 aromatic carbocycles. The summed E-state index contributed by atoms with van der Waals surface area (Å²) in [6.07, 6.45) is 1.92. The zero-order valence-corrected chi connectivity index (χ0v) is 18.2. The molecule has 0 spiro atoms. The molecule has 2 heterocycles. The zero-order chi connectivity index (χ0) is 22.5. The smallest absolute Gasteiger partial charge is 0.326 e. The number of benzene rings is 2. The van der Waals surface area contributed by atoms with Gasteiger partial charge in [0, 0.05) is 12.1 Å². The molecule has 0 atom stereocenters. The number of hydrogen-bond donors (Lipinski definition) is 1. The predicted molar refractivity (Wildman–Crippen MR) is 124 cm³/mol. The molecule has 0 saturated carbocycles. The Hall–Kier alpha value is -3.78. The van der Waals surface area contributed by atoms with E-state index in [-0.39, 0.29) is 24.6 Å². The summed E-state index contributed by atoms with van der Waals surface area (Å²) in [6, 6.07) is 18.8. The van der Waals surface area contributed by atoms with Crippen molar-refractivity contribution in [2.75, 3.05) is 11.9 Å². The Morgan fingerprint density at radius 3 is 2.47 bits per heavy atom. The van der Waals surface area contributed by atoms with E-state index in [1.165, 1.54) is 10.9 Å². The van der Waals surface area contributed by atoms with Gasteiger partial charge in [0.15, 0.2) is 0 Å². The van der Waals surface area contributed by atoms with Crippen LogP contribution in [0.25, 0.3) is 10.2 Å². The third kappa shape index (κ3) is 4.76. The minimum atomic E-state index is -0.515. The number of nitrogens with zero attached hydrogens (tertiary/aromatic N) is 2. The molecule has 7 nitrogen and oxygen atoms in total. The number of ether oxygens (including phenoxy) is 1. The van der Waals surface area contributed by atoms with E-state index in [9.17, 15) is 14.4 Å². The standard InChI is InChI=1S/C24H21N3O4S/c1-16-20-23(32-21(16)22(29)26-18-10-6-3-7-11-18)25-15-27(24(20)30)14-19(28)31-13-12-17-8-4-2-5-9-17/h2-11,15H,12-14H2,1H3,(H,26,29). The van der Waals surface area contributed by atoms with Gasteiger partial charge in [0.25, 0.3) is 11.5 Å². The van der Waals surface area contributed by atoms with Crippen molar-refractivity contribution >= 4 is 39.1 Å². The second-order valence-electron chi connectivity index (χ2n) is 7.19. The number of carbonyl (C=O) groups excluding carboxylic acids is 2. The summed E-state index contributed by atoms with van der Waals surface area (Å²) in [5.41, 5.74) is 1.90. The van der Waals surface area contributed by atoms with Gasteiger partial charge in [-0.2, -0.15) is 0 Å². The molecule has 0 fully saturated rings. The molecule has 0 saturated heterocycles. The van der Waals surface area contributed by atoms with E-state index in [4.69, 9.17) is 4.74 Å². The van der Waals surface area contributed by atoms with Crippen LogP contribution in [0.4, 0.5) is 5.69 Å². The molecular weight excluding hydrogens is 426 g/mol. The van der Waals surface area contributed by atoms with Crippen molar-refractivity contribution < 1.29 is 14.3 Å². The van der Waals surface area contributed by atoms with E-state index >= 15 is 0 Å². The van der Waals surface area contributed by atoms with Crippen molar-refractivity contribution in [1.82, 2.24) is 9.55 Å². The number of rotatable bonds is 7. The van der Waals surface area contributed by atoms with Gasteiger partial charge in [0.05, 0.1) is 23.2 Å². The summed E-state index contributed by atoms with van der Waals surface area (Å²) < 4.78 is 6.48. The number of para-hydroxylation sites is 1. The Kier molecular flexibility index (Phi) is 6.42. The third-order valence-electron chi connectivity index (χ3n) is 4.95. The highest BCUT2D eigenvalue weighted by Gasteiger charge is 2.20. The Morgan fingerprint density at radius 2 is 1.75 bits per heavy atom. The van der Waals surface area contributed by atoms with Gasteiger partial charge in [-0.15, -0.1) is 11.3 Å². The number of esters is 1. The molecular formula is C24H21N3O4S. The number of nitrogens with one attached hydrogen (secondary N) is 1. The quantitative estimate of drug-likeness (QED) is 0.435. The van der Waals surface area contributed by atoms with Crippen LogP contribution >= 0.6 is 11.3 Å². The van der Waals surface area contributed by atoms with Gasteiger partial charge < -0.3 is 10.1 Å². The number of anilines is 1. The molecule has 1 amide bonds. The monoisotopic (exact) mass is 447 g/mol. The van der Waals surface area contributed by atoms with Crippen LogP contribution in [-0.2, 0) is 22.5 Å². The van der Waals surface area contributed by atoms with Gasteiger partial charge in [-0.1, -0.05) is 48.5 Å². The van der Waals surface area contributed by atoms with Crippen molar-refractivity contribution in [1.29, 1.82) is 0 Å². The number of amides is 1. The maximum Gasteiger partial charge on any atom is 0.326 e. The van der Waals surface area contributed by atoms with Crippen LogP contribution in [0.15, 0.2) is 71.8 Å². The molecule has 32 heavy (non-hydrogen) atoms. The van der Waals surface area contributed by atoms with Gasteiger partial charge in [-0.25, -0.2) is 4.98 Å². The highest BCUT2D eigenvalue weighted by atomic mass is 32.1. The molecule has 0 unspecified atom stereocenters. The molecule has 0 aliphatic carbocycles. The first-order valence-electron chi connectivity index (χ1n) is 10.1. The van der Waals surface area contributed by atoms with E-state index in [0.29, 0.717) is 32.8 Å². The van der Waals surface area contributed by atoms with Gasteiger partial charge >= 0.3 is 5.97 Å². The number of aromatic nitrogens is 2. The highest BCUT2D eigenvalue weighted by molar-refractivity contribution is 7.20. The molecule has 0 bridgehead atoms. The van der Waals surface area contributed by atoms with Crippen molar-refractivity contribution in [2.45, 2.75) is 19.9 Å². The molecule has 0 aliphatic rings. The molecule has 8 heteroatoms. The molecule has 0 aliphatic heterocycles. The molecule has 0 radical (unpaired) electrons. The summed E-state index contributed by atoms with van der Waals surface area (Å²) >= 11 is 1.15. The van der Waals surface area contributed by atoms with E-state index in [0.717, 1.165) is 16.9 Å². The first-order chi connectivity index (χ1) is 15.5. The third-order valence-corrected chi connectivity index (χ3v) is 6.15. The lowest BCUT2D eigenvalue weighted by molar-refractivity contribution is -0.144. The van der Waals surface area contributed by atoms with Gasteiger partial charge in [-0.05, 0) is 30.2 Å². The highest BCUT2D eigenvalue weighted by Crippen LogP contribution is 2.27. The first-order valence-corrected chi connectivity index (χ1v) is 10.9. The number of thiophene rings is 1. The predicted octanol–water partition coefficient (Wildman–Crippen LogP) is 3.80. The number of hydrogen-bond acceptors (Lipinski definition) is 6. The van der Waals surface area contributed by atoms with Crippen molar-refractivity contribution in [3.8, 4) is 0 Å². The fourth-order valence-electron chi connectivity index (χ4n) is 3.31. The van der Waals surface area contributed by atoms with E-state index in [1.807, 2.05) is 48.5 Å². The first kappa shape index (κ1) is 21.5. The van der Waals surface area contributed by atoms with Crippen LogP contribution in [-0.4, -0.2) is 28.0 Å². The lowest BCUT2D eigenvalue weighted by atomic mass is 10.2. The van der Waals surface area contributed by atoms with Crippen molar-refractivity contribution in [3.05, 3.63) is 93.3 Å². The van der Waals surface area contributed by atoms with Crippen LogP contribution in [0.1, 0.15) is 20.8 Å². The maximum absolute atomic E-state index is 13.0. The van der Waals surface area contributed by atoms with Crippen molar-refractivity contribution in [3.63, 3.8) is 0 Å². The Labute approximate surface area is 188 Å².